The Labute approximate surface area is 219 Å². The van der Waals surface area contributed by atoms with Crippen LogP contribution in [0.4, 0.5) is 17.2 Å². The highest BCUT2D eigenvalue weighted by Crippen LogP contribution is 2.20. The molecule has 0 spiro atoms. The first kappa shape index (κ1) is 27.8. The SMILES string of the molecule is CCCCc1nc2c(N)ncnc2n1CCCCNC(=O)c1cncc(N)c1.Nc1cncc(C(=O)O)c1. The van der Waals surface area contributed by atoms with Crippen LogP contribution in [-0.2, 0) is 13.0 Å². The lowest BCUT2D eigenvalue weighted by Crippen LogP contribution is -2.25. The Kier molecular flexibility index (Phi) is 9.86. The Hall–Kier alpha value is -4.81. The summed E-state index contributed by atoms with van der Waals surface area (Å²) in [6.45, 7) is 3.49. The minimum Gasteiger partial charge on any atom is -0.478 e. The maximum Gasteiger partial charge on any atom is 0.337 e. The van der Waals surface area contributed by atoms with Crippen molar-refractivity contribution in [3.63, 3.8) is 0 Å². The summed E-state index contributed by atoms with van der Waals surface area (Å²) in [5, 5.41) is 11.3. The third-order valence-electron chi connectivity index (χ3n) is 5.52. The van der Waals surface area contributed by atoms with E-state index in [9.17, 15) is 9.59 Å². The molecule has 38 heavy (non-hydrogen) atoms. The van der Waals surface area contributed by atoms with Crippen LogP contribution < -0.4 is 22.5 Å². The average Bonchev–Trinajstić information content (AvgIpc) is 3.26. The highest BCUT2D eigenvalue weighted by atomic mass is 16.4. The Morgan fingerprint density at radius 3 is 2.26 bits per heavy atom. The van der Waals surface area contributed by atoms with Crippen molar-refractivity contribution in [1.29, 1.82) is 0 Å². The van der Waals surface area contributed by atoms with Gasteiger partial charge in [0.25, 0.3) is 5.91 Å². The van der Waals surface area contributed by atoms with Crippen LogP contribution in [0.5, 0.6) is 0 Å². The summed E-state index contributed by atoms with van der Waals surface area (Å²) in [6.07, 6.45) is 11.9. The number of aromatic nitrogens is 6. The first-order chi connectivity index (χ1) is 18.3. The van der Waals surface area contributed by atoms with Gasteiger partial charge in [0.1, 0.15) is 12.2 Å². The number of rotatable bonds is 10. The normalized spacial score (nSPS) is 10.6. The second-order valence-electron chi connectivity index (χ2n) is 8.50. The summed E-state index contributed by atoms with van der Waals surface area (Å²) < 4.78 is 2.12. The number of carboxylic acids is 1. The first-order valence-corrected chi connectivity index (χ1v) is 12.2. The maximum atomic E-state index is 12.1. The van der Waals surface area contributed by atoms with E-state index in [0.29, 0.717) is 34.8 Å². The monoisotopic (exact) mass is 520 g/mol. The minimum atomic E-state index is -1.01. The van der Waals surface area contributed by atoms with Crippen LogP contribution in [0.1, 0.15) is 59.1 Å². The van der Waals surface area contributed by atoms with E-state index >= 15 is 0 Å². The Balaban J connectivity index is 0.000000336. The van der Waals surface area contributed by atoms with Gasteiger partial charge in [-0.25, -0.2) is 19.7 Å². The number of hydrogen-bond acceptors (Lipinski definition) is 10. The van der Waals surface area contributed by atoms with Gasteiger partial charge in [-0.3, -0.25) is 14.8 Å². The number of nitrogens with two attached hydrogens (primary N) is 3. The molecule has 0 aliphatic carbocycles. The predicted molar refractivity (Wildman–Crippen MR) is 144 cm³/mol. The molecule has 0 unspecified atom stereocenters. The molecule has 0 aliphatic rings. The number of carboxylic acid groups (broad SMARTS) is 1. The number of pyridine rings is 2. The molecular formula is C25H32N10O3. The van der Waals surface area contributed by atoms with Crippen LogP contribution in [0, 0.1) is 0 Å². The van der Waals surface area contributed by atoms with E-state index < -0.39 is 5.97 Å². The van der Waals surface area contributed by atoms with E-state index in [1.807, 2.05) is 0 Å². The summed E-state index contributed by atoms with van der Waals surface area (Å²) in [5.41, 5.74) is 19.7. The van der Waals surface area contributed by atoms with Crippen molar-refractivity contribution in [2.75, 3.05) is 23.7 Å². The van der Waals surface area contributed by atoms with Crippen molar-refractivity contribution in [2.45, 2.75) is 45.6 Å². The van der Waals surface area contributed by atoms with E-state index in [4.69, 9.17) is 22.3 Å². The summed E-state index contributed by atoms with van der Waals surface area (Å²) >= 11 is 0. The first-order valence-electron chi connectivity index (χ1n) is 12.2. The smallest absolute Gasteiger partial charge is 0.337 e. The summed E-state index contributed by atoms with van der Waals surface area (Å²) in [6, 6.07) is 2.97. The molecule has 0 saturated carbocycles. The number of carbonyl (C=O) groups is 2. The molecule has 0 bridgehead atoms. The van der Waals surface area contributed by atoms with E-state index in [1.165, 1.54) is 37.2 Å². The van der Waals surface area contributed by atoms with Crippen LogP contribution in [0.15, 0.2) is 43.2 Å². The van der Waals surface area contributed by atoms with Gasteiger partial charge in [0, 0.05) is 44.3 Å². The largest absolute Gasteiger partial charge is 0.478 e. The van der Waals surface area contributed by atoms with Crippen LogP contribution in [0.25, 0.3) is 11.2 Å². The van der Waals surface area contributed by atoms with Crippen molar-refractivity contribution in [3.8, 4) is 0 Å². The third kappa shape index (κ3) is 7.59. The van der Waals surface area contributed by atoms with Crippen molar-refractivity contribution in [2.24, 2.45) is 0 Å². The van der Waals surface area contributed by atoms with Crippen molar-refractivity contribution in [1.82, 2.24) is 34.8 Å². The second-order valence-corrected chi connectivity index (χ2v) is 8.50. The van der Waals surface area contributed by atoms with Gasteiger partial charge in [-0.05, 0) is 31.4 Å². The average molecular weight is 521 g/mol. The third-order valence-corrected chi connectivity index (χ3v) is 5.52. The lowest BCUT2D eigenvalue weighted by molar-refractivity contribution is 0.0696. The van der Waals surface area contributed by atoms with Gasteiger partial charge in [0.05, 0.1) is 22.5 Å². The van der Waals surface area contributed by atoms with Gasteiger partial charge in [0.2, 0.25) is 0 Å². The number of hydrogen-bond donors (Lipinski definition) is 5. The Morgan fingerprint density at radius 2 is 1.63 bits per heavy atom. The molecule has 200 valence electrons. The standard InChI is InChI=1S/C19H26N8O.C6H6N2O2/c1-2-3-6-15-26-16-17(21)24-12-25-18(16)27(15)8-5-4-7-23-19(28)13-9-14(20)11-22-10-13;7-5-1-4(6(9)10)2-8-3-5/h9-12H,2-8,20H2,1H3,(H,23,28)(H2,21,24,25);1-3H,7H2,(H,9,10). The van der Waals surface area contributed by atoms with E-state index in [-0.39, 0.29) is 11.5 Å². The number of unbranched alkanes of at least 4 members (excludes halogenated alkanes) is 2. The molecule has 13 heteroatoms. The second kappa shape index (κ2) is 13.5. The molecule has 0 atom stereocenters. The fraction of sp³-hybridized carbons (Fsp3) is 0.320. The molecule has 0 radical (unpaired) electrons. The predicted octanol–water partition coefficient (Wildman–Crippen LogP) is 2.30. The summed E-state index contributed by atoms with van der Waals surface area (Å²) in [7, 11) is 0. The summed E-state index contributed by atoms with van der Waals surface area (Å²) in [4.78, 5) is 43.0. The molecule has 4 heterocycles. The lowest BCUT2D eigenvalue weighted by Gasteiger charge is -2.09. The number of amides is 1. The molecule has 1 amide bonds. The lowest BCUT2D eigenvalue weighted by atomic mass is 10.2. The van der Waals surface area contributed by atoms with Crippen LogP contribution in [-0.4, -0.2) is 53.0 Å². The molecule has 8 N–H and O–H groups in total. The number of aromatic carboxylic acids is 1. The van der Waals surface area contributed by atoms with Gasteiger partial charge in [-0.15, -0.1) is 0 Å². The fourth-order valence-corrected chi connectivity index (χ4v) is 3.62. The molecule has 13 nitrogen and oxygen atoms in total. The molecule has 4 aromatic heterocycles. The van der Waals surface area contributed by atoms with Gasteiger partial charge >= 0.3 is 5.97 Å². The van der Waals surface area contributed by atoms with Gasteiger partial charge in [-0.1, -0.05) is 13.3 Å². The van der Waals surface area contributed by atoms with Crippen molar-refractivity contribution >= 4 is 40.2 Å². The molecule has 4 aromatic rings. The minimum absolute atomic E-state index is 0.111. The number of nitrogen functional groups attached to an aromatic ring is 3. The Bertz CT molecular complexity index is 1390. The number of nitrogens with zero attached hydrogens (tertiary/aromatic N) is 6. The molecule has 0 aromatic carbocycles. The molecule has 0 fully saturated rings. The van der Waals surface area contributed by atoms with Crippen LogP contribution >= 0.6 is 0 Å². The topological polar surface area (TPSA) is 214 Å². The number of nitrogens with one attached hydrogen (secondary N) is 1. The Morgan fingerprint density at radius 1 is 0.947 bits per heavy atom. The highest BCUT2D eigenvalue weighted by Gasteiger charge is 2.14. The van der Waals surface area contributed by atoms with Crippen molar-refractivity contribution < 1.29 is 14.7 Å². The maximum absolute atomic E-state index is 12.1. The molecule has 0 saturated heterocycles. The van der Waals surface area contributed by atoms with Crippen LogP contribution in [0.3, 0.4) is 0 Å². The number of carbonyl (C=O) groups excluding carboxylic acids is 1. The van der Waals surface area contributed by atoms with Crippen molar-refractivity contribution in [3.05, 3.63) is 60.2 Å². The zero-order valence-electron chi connectivity index (χ0n) is 21.2. The molecular weight excluding hydrogens is 488 g/mol. The zero-order chi connectivity index (χ0) is 27.5. The number of imidazole rings is 1. The molecule has 0 aliphatic heterocycles. The van der Waals surface area contributed by atoms with Gasteiger partial charge < -0.3 is 32.2 Å². The van der Waals surface area contributed by atoms with Gasteiger partial charge in [0.15, 0.2) is 17.0 Å². The number of fused-ring (bicyclic) bond motifs is 1. The fourth-order valence-electron chi connectivity index (χ4n) is 3.62. The van der Waals surface area contributed by atoms with E-state index in [0.717, 1.165) is 50.1 Å². The number of aryl methyl sites for hydroxylation is 2. The highest BCUT2D eigenvalue weighted by molar-refractivity contribution is 5.94. The van der Waals surface area contributed by atoms with E-state index in [2.05, 4.69) is 41.7 Å². The molecule has 4 rings (SSSR count). The van der Waals surface area contributed by atoms with E-state index in [1.54, 1.807) is 6.07 Å². The number of anilines is 3. The van der Waals surface area contributed by atoms with Crippen LogP contribution in [0.2, 0.25) is 0 Å². The van der Waals surface area contributed by atoms with Gasteiger partial charge in [-0.2, -0.15) is 0 Å². The zero-order valence-corrected chi connectivity index (χ0v) is 21.2. The quantitative estimate of drug-likeness (QED) is 0.191. The summed E-state index contributed by atoms with van der Waals surface area (Å²) in [5.74, 6) is 0.209.